The van der Waals surface area contributed by atoms with E-state index in [1.165, 1.54) is 0 Å². The minimum Gasteiger partial charge on any atom is -0.467 e. The highest BCUT2D eigenvalue weighted by molar-refractivity contribution is 9.11. The Morgan fingerprint density at radius 1 is 1.50 bits per heavy atom. The molecular weight excluding hydrogens is 268 g/mol. The van der Waals surface area contributed by atoms with Gasteiger partial charge >= 0.3 is 0 Å². The zero-order valence-corrected chi connectivity index (χ0v) is 10.1. The van der Waals surface area contributed by atoms with Gasteiger partial charge in [-0.1, -0.05) is 22.5 Å². The van der Waals surface area contributed by atoms with Gasteiger partial charge in [-0.15, -0.1) is 0 Å². The number of benzene rings is 1. The molecule has 1 aliphatic rings. The smallest absolute Gasteiger partial charge is 0.216 e. The molecule has 16 heavy (non-hydrogen) atoms. The van der Waals surface area contributed by atoms with Gasteiger partial charge in [0.1, 0.15) is 0 Å². The van der Waals surface area contributed by atoms with E-state index in [1.807, 2.05) is 12.1 Å². The molecule has 0 aromatic heterocycles. The maximum Gasteiger partial charge on any atom is 0.216 e. The van der Waals surface area contributed by atoms with E-state index in [9.17, 15) is 0 Å². The number of hydrogen-bond acceptors (Lipinski definition) is 3. The standard InChI is InChI=1S/C12H9BrN2O/c1-8(13)11-7-15-12(16-11)10-4-2-9(6-14)3-5-10/h2-5,11H,1,7H2/t11-/m1/s1. The van der Waals surface area contributed by atoms with Crippen molar-refractivity contribution in [3.05, 3.63) is 46.5 Å². The fourth-order valence-corrected chi connectivity index (χ4v) is 1.62. The molecule has 0 saturated heterocycles. The van der Waals surface area contributed by atoms with E-state index in [4.69, 9.17) is 10.00 Å². The van der Waals surface area contributed by atoms with Crippen molar-refractivity contribution in [1.82, 2.24) is 0 Å². The summed E-state index contributed by atoms with van der Waals surface area (Å²) in [7, 11) is 0. The van der Waals surface area contributed by atoms with Crippen LogP contribution in [-0.4, -0.2) is 18.5 Å². The molecule has 1 aliphatic heterocycles. The fourth-order valence-electron chi connectivity index (χ4n) is 1.38. The van der Waals surface area contributed by atoms with Crippen LogP contribution in [0.2, 0.25) is 0 Å². The number of halogens is 1. The zero-order chi connectivity index (χ0) is 11.5. The van der Waals surface area contributed by atoms with Crippen LogP contribution < -0.4 is 0 Å². The Morgan fingerprint density at radius 3 is 2.69 bits per heavy atom. The van der Waals surface area contributed by atoms with Crippen molar-refractivity contribution >= 4 is 21.8 Å². The fraction of sp³-hybridized carbons (Fsp3) is 0.167. The second kappa shape index (κ2) is 4.50. The molecule has 2 rings (SSSR count). The van der Waals surface area contributed by atoms with E-state index in [-0.39, 0.29) is 6.10 Å². The maximum atomic E-state index is 8.68. The highest BCUT2D eigenvalue weighted by Gasteiger charge is 2.22. The van der Waals surface area contributed by atoms with Crippen LogP contribution in [0.15, 0.2) is 40.3 Å². The van der Waals surface area contributed by atoms with Gasteiger partial charge in [-0.3, -0.25) is 0 Å². The summed E-state index contributed by atoms with van der Waals surface area (Å²) in [6, 6.07) is 9.22. The number of rotatable bonds is 2. The summed E-state index contributed by atoms with van der Waals surface area (Å²) in [5.41, 5.74) is 1.51. The van der Waals surface area contributed by atoms with Crippen LogP contribution in [-0.2, 0) is 4.74 Å². The molecule has 80 valence electrons. The molecular formula is C12H9BrN2O. The van der Waals surface area contributed by atoms with Crippen LogP contribution in [0.4, 0.5) is 0 Å². The van der Waals surface area contributed by atoms with Crippen molar-refractivity contribution in [2.75, 3.05) is 6.54 Å². The third kappa shape index (κ3) is 2.15. The second-order valence-electron chi connectivity index (χ2n) is 3.39. The molecule has 1 aromatic carbocycles. The van der Waals surface area contributed by atoms with E-state index >= 15 is 0 Å². The predicted octanol–water partition coefficient (Wildman–Crippen LogP) is 2.61. The quantitative estimate of drug-likeness (QED) is 0.834. The molecule has 0 unspecified atom stereocenters. The largest absolute Gasteiger partial charge is 0.467 e. The highest BCUT2D eigenvalue weighted by Crippen LogP contribution is 2.20. The second-order valence-corrected chi connectivity index (χ2v) is 4.41. The third-order valence-corrected chi connectivity index (χ3v) is 2.78. The molecule has 0 fully saturated rings. The van der Waals surface area contributed by atoms with E-state index < -0.39 is 0 Å². The molecule has 0 aliphatic carbocycles. The van der Waals surface area contributed by atoms with Crippen LogP contribution in [0.5, 0.6) is 0 Å². The van der Waals surface area contributed by atoms with Gasteiger partial charge in [0, 0.05) is 10.0 Å². The van der Waals surface area contributed by atoms with Crippen molar-refractivity contribution in [3.63, 3.8) is 0 Å². The van der Waals surface area contributed by atoms with Gasteiger partial charge in [0.2, 0.25) is 5.90 Å². The molecule has 3 nitrogen and oxygen atoms in total. The lowest BCUT2D eigenvalue weighted by Crippen LogP contribution is -2.12. The van der Waals surface area contributed by atoms with E-state index in [0.29, 0.717) is 18.0 Å². The first-order valence-corrected chi connectivity index (χ1v) is 5.56. The first kappa shape index (κ1) is 10.9. The molecule has 1 atom stereocenters. The number of nitrogens with zero attached hydrogens (tertiary/aromatic N) is 2. The zero-order valence-electron chi connectivity index (χ0n) is 8.48. The first-order chi connectivity index (χ1) is 7.70. The SMILES string of the molecule is C=C(Br)[C@H]1CN=C(c2ccc(C#N)cc2)O1. The van der Waals surface area contributed by atoms with E-state index in [0.717, 1.165) is 10.0 Å². The highest BCUT2D eigenvalue weighted by atomic mass is 79.9. The monoisotopic (exact) mass is 276 g/mol. The first-order valence-electron chi connectivity index (χ1n) is 4.76. The number of ether oxygens (including phenoxy) is 1. The molecule has 0 N–H and O–H groups in total. The Kier molecular flexibility index (Phi) is 3.07. The Morgan fingerprint density at radius 2 is 2.19 bits per heavy atom. The van der Waals surface area contributed by atoms with Crippen molar-refractivity contribution in [2.45, 2.75) is 6.10 Å². The van der Waals surface area contributed by atoms with Gasteiger partial charge < -0.3 is 4.74 Å². The van der Waals surface area contributed by atoms with Crippen LogP contribution in [0.25, 0.3) is 0 Å². The summed E-state index contributed by atoms with van der Waals surface area (Å²) >= 11 is 3.29. The Hall–Kier alpha value is -1.60. The summed E-state index contributed by atoms with van der Waals surface area (Å²) in [4.78, 5) is 4.28. The van der Waals surface area contributed by atoms with E-state index in [2.05, 4.69) is 33.6 Å². The third-order valence-electron chi connectivity index (χ3n) is 2.26. The van der Waals surface area contributed by atoms with Gasteiger partial charge in [0.05, 0.1) is 18.2 Å². The number of aliphatic imine (C=N–C) groups is 1. The Labute approximate surface area is 102 Å². The molecule has 1 aromatic rings. The lowest BCUT2D eigenvalue weighted by atomic mass is 10.1. The van der Waals surface area contributed by atoms with E-state index in [1.54, 1.807) is 12.1 Å². The van der Waals surface area contributed by atoms with Gasteiger partial charge in [-0.25, -0.2) is 4.99 Å². The molecule has 1 heterocycles. The molecule has 0 saturated carbocycles. The van der Waals surface area contributed by atoms with Gasteiger partial charge in [-0.05, 0) is 24.3 Å². The van der Waals surface area contributed by atoms with Crippen LogP contribution in [0, 0.1) is 11.3 Å². The van der Waals surface area contributed by atoms with Gasteiger partial charge in [0.25, 0.3) is 0 Å². The van der Waals surface area contributed by atoms with Crippen LogP contribution >= 0.6 is 15.9 Å². The van der Waals surface area contributed by atoms with Crippen molar-refractivity contribution in [1.29, 1.82) is 5.26 Å². The molecule has 0 bridgehead atoms. The lowest BCUT2D eigenvalue weighted by Gasteiger charge is -2.09. The maximum absolute atomic E-state index is 8.68. The van der Waals surface area contributed by atoms with Crippen LogP contribution in [0.3, 0.4) is 0 Å². The van der Waals surface area contributed by atoms with Crippen molar-refractivity contribution in [3.8, 4) is 6.07 Å². The number of hydrogen-bond donors (Lipinski definition) is 0. The predicted molar refractivity (Wildman–Crippen MR) is 65.5 cm³/mol. The summed E-state index contributed by atoms with van der Waals surface area (Å²) in [6.07, 6.45) is -0.0920. The molecule has 0 amide bonds. The summed E-state index contributed by atoms with van der Waals surface area (Å²) in [6.45, 7) is 4.35. The summed E-state index contributed by atoms with van der Waals surface area (Å²) < 4.78 is 6.39. The van der Waals surface area contributed by atoms with Crippen LogP contribution in [0.1, 0.15) is 11.1 Å². The molecule has 4 heteroatoms. The van der Waals surface area contributed by atoms with Gasteiger partial charge in [0.15, 0.2) is 6.10 Å². The summed E-state index contributed by atoms with van der Waals surface area (Å²) in [5.74, 6) is 0.607. The summed E-state index contributed by atoms with van der Waals surface area (Å²) in [5, 5.41) is 8.68. The lowest BCUT2D eigenvalue weighted by molar-refractivity contribution is 0.272. The van der Waals surface area contributed by atoms with Crippen molar-refractivity contribution in [2.24, 2.45) is 4.99 Å². The van der Waals surface area contributed by atoms with Crippen molar-refractivity contribution < 1.29 is 4.74 Å². The average molecular weight is 277 g/mol. The average Bonchev–Trinajstić information content (AvgIpc) is 2.78. The molecule has 0 radical (unpaired) electrons. The number of nitriles is 1. The van der Waals surface area contributed by atoms with Gasteiger partial charge in [-0.2, -0.15) is 5.26 Å². The normalized spacial score (nSPS) is 18.5. The Bertz CT molecular complexity index is 485. The minimum absolute atomic E-state index is 0.0920. The minimum atomic E-state index is -0.0920. The molecule has 0 spiro atoms. The topological polar surface area (TPSA) is 45.4 Å². The Balaban J connectivity index is 2.15.